The van der Waals surface area contributed by atoms with Crippen LogP contribution in [0.25, 0.3) is 0 Å². The lowest BCUT2D eigenvalue weighted by molar-refractivity contribution is 0.0731. The highest BCUT2D eigenvalue weighted by Crippen LogP contribution is 2.26. The molecule has 1 N–H and O–H groups in total. The monoisotopic (exact) mass is 576 g/mol. The highest BCUT2D eigenvalue weighted by atomic mass is 127. The zero-order valence-corrected chi connectivity index (χ0v) is 21.6. The Morgan fingerprint density at radius 3 is 2.61 bits per heavy atom. The fraction of sp³-hybridized carbons (Fsp3) is 0.476. The first-order chi connectivity index (χ1) is 14.6. The molecular weight excluding hydrogens is 547 g/mol. The molecule has 0 aliphatic carbocycles. The number of nitrogens with one attached hydrogen (secondary N) is 1. The molecule has 2 aromatic rings. The van der Waals surface area contributed by atoms with E-state index in [1.165, 1.54) is 26.8 Å². The van der Waals surface area contributed by atoms with Crippen LogP contribution in [-0.2, 0) is 34.3 Å². The maximum absolute atomic E-state index is 12.8. The number of sulfonamides is 1. The smallest absolute Gasteiger partial charge is 0.252 e. The molecule has 31 heavy (non-hydrogen) atoms. The van der Waals surface area contributed by atoms with Crippen LogP contribution in [0.5, 0.6) is 0 Å². The van der Waals surface area contributed by atoms with E-state index in [2.05, 4.69) is 41.4 Å². The van der Waals surface area contributed by atoms with Gasteiger partial charge in [0.05, 0.1) is 19.8 Å². The van der Waals surface area contributed by atoms with Crippen LogP contribution in [0.4, 0.5) is 0 Å². The van der Waals surface area contributed by atoms with Gasteiger partial charge in [-0.3, -0.25) is 0 Å². The zero-order chi connectivity index (χ0) is 21.0. The largest absolute Gasteiger partial charge is 0.379 e. The SMILES string of the molecule is CCNC(=NCc1ccc(S(=O)(=O)N2CCOCC2)s1)N1CCc2ccccc2C1.I. The van der Waals surface area contributed by atoms with E-state index >= 15 is 0 Å². The quantitative estimate of drug-likeness (QED) is 0.337. The lowest BCUT2D eigenvalue weighted by Gasteiger charge is -2.31. The van der Waals surface area contributed by atoms with E-state index < -0.39 is 10.0 Å². The van der Waals surface area contributed by atoms with Crippen LogP contribution < -0.4 is 5.32 Å². The highest BCUT2D eigenvalue weighted by molar-refractivity contribution is 14.0. The number of nitrogens with zero attached hydrogens (tertiary/aromatic N) is 3. The van der Waals surface area contributed by atoms with Gasteiger partial charge in [-0.05, 0) is 36.6 Å². The van der Waals surface area contributed by atoms with Crippen molar-refractivity contribution in [2.24, 2.45) is 4.99 Å². The average Bonchev–Trinajstić information content (AvgIpc) is 3.27. The lowest BCUT2D eigenvalue weighted by atomic mass is 10.0. The standard InChI is InChI=1S/C21H28N4O3S2.HI/c1-2-22-21(24-10-9-17-5-3-4-6-18(17)16-24)23-15-19-7-8-20(29-19)30(26,27)25-11-13-28-14-12-25;/h3-8H,2,9-16H2,1H3,(H,22,23);1H. The first-order valence-corrected chi connectivity index (χ1v) is 12.6. The van der Waals surface area contributed by atoms with Gasteiger partial charge in [0.2, 0.25) is 0 Å². The molecule has 0 unspecified atom stereocenters. The Bertz CT molecular complexity index is 1000. The van der Waals surface area contributed by atoms with Crippen LogP contribution in [0, 0.1) is 0 Å². The summed E-state index contributed by atoms with van der Waals surface area (Å²) in [7, 11) is -3.45. The van der Waals surface area contributed by atoms with Gasteiger partial charge in [0.15, 0.2) is 5.96 Å². The third-order valence-corrected chi connectivity index (χ3v) is 8.79. The van der Waals surface area contributed by atoms with Crippen molar-refractivity contribution < 1.29 is 13.2 Å². The Morgan fingerprint density at radius 1 is 1.13 bits per heavy atom. The second-order valence-electron chi connectivity index (χ2n) is 7.35. The summed E-state index contributed by atoms with van der Waals surface area (Å²) in [6.07, 6.45) is 1.00. The first-order valence-electron chi connectivity index (χ1n) is 10.3. The second kappa shape index (κ2) is 11.1. The van der Waals surface area contributed by atoms with Crippen LogP contribution >= 0.6 is 35.3 Å². The van der Waals surface area contributed by atoms with E-state index in [4.69, 9.17) is 9.73 Å². The van der Waals surface area contributed by atoms with Gasteiger partial charge in [0.25, 0.3) is 10.0 Å². The molecule has 0 bridgehead atoms. The maximum Gasteiger partial charge on any atom is 0.252 e. The van der Waals surface area contributed by atoms with Crippen LogP contribution in [0.1, 0.15) is 22.9 Å². The molecule has 0 saturated carbocycles. The molecule has 1 saturated heterocycles. The summed E-state index contributed by atoms with van der Waals surface area (Å²) in [6.45, 7) is 6.80. The third kappa shape index (κ3) is 5.78. The van der Waals surface area contributed by atoms with Crippen LogP contribution in [0.2, 0.25) is 0 Å². The topological polar surface area (TPSA) is 74.2 Å². The molecular formula is C21H29IN4O3S2. The van der Waals surface area contributed by atoms with E-state index in [1.54, 1.807) is 6.07 Å². The number of hydrogen-bond acceptors (Lipinski definition) is 5. The fourth-order valence-corrected chi connectivity index (χ4v) is 6.59. The summed E-state index contributed by atoms with van der Waals surface area (Å²) in [5.41, 5.74) is 2.74. The van der Waals surface area contributed by atoms with Crippen LogP contribution in [0.3, 0.4) is 0 Å². The van der Waals surface area contributed by atoms with E-state index in [0.29, 0.717) is 37.1 Å². The molecule has 0 radical (unpaired) electrons. The highest BCUT2D eigenvalue weighted by Gasteiger charge is 2.27. The van der Waals surface area contributed by atoms with Crippen molar-refractivity contribution in [3.8, 4) is 0 Å². The third-order valence-electron chi connectivity index (χ3n) is 5.35. The molecule has 1 aromatic carbocycles. The fourth-order valence-electron chi connectivity index (χ4n) is 3.75. The lowest BCUT2D eigenvalue weighted by Crippen LogP contribution is -2.44. The number of thiophene rings is 1. The number of rotatable bonds is 5. The number of fused-ring (bicyclic) bond motifs is 1. The Labute approximate surface area is 205 Å². The van der Waals surface area contributed by atoms with Crippen molar-refractivity contribution >= 4 is 51.3 Å². The van der Waals surface area contributed by atoms with Gasteiger partial charge < -0.3 is 15.0 Å². The minimum atomic E-state index is -3.45. The van der Waals surface area contributed by atoms with E-state index in [-0.39, 0.29) is 24.0 Å². The molecule has 1 aromatic heterocycles. The molecule has 2 aliphatic heterocycles. The van der Waals surface area contributed by atoms with Gasteiger partial charge in [0.1, 0.15) is 4.21 Å². The molecule has 2 aliphatic rings. The number of guanidine groups is 1. The van der Waals surface area contributed by atoms with Crippen molar-refractivity contribution in [1.29, 1.82) is 0 Å². The van der Waals surface area contributed by atoms with Crippen molar-refractivity contribution in [3.63, 3.8) is 0 Å². The maximum atomic E-state index is 12.8. The predicted octanol–water partition coefficient (Wildman–Crippen LogP) is 2.91. The molecule has 10 heteroatoms. The number of benzene rings is 1. The minimum Gasteiger partial charge on any atom is -0.379 e. The Hall–Kier alpha value is -1.21. The molecule has 170 valence electrons. The normalized spacial score (nSPS) is 17.7. The molecule has 1 fully saturated rings. The van der Waals surface area contributed by atoms with Gasteiger partial charge in [0, 0.05) is 37.6 Å². The Morgan fingerprint density at radius 2 is 1.87 bits per heavy atom. The first kappa shape index (κ1) is 24.4. The van der Waals surface area contributed by atoms with E-state index in [1.807, 2.05) is 6.07 Å². The van der Waals surface area contributed by atoms with Crippen LogP contribution in [-0.4, -0.2) is 63.0 Å². The summed E-state index contributed by atoms with van der Waals surface area (Å²) in [4.78, 5) is 8.01. The van der Waals surface area contributed by atoms with Gasteiger partial charge in [-0.2, -0.15) is 4.31 Å². The van der Waals surface area contributed by atoms with E-state index in [0.717, 1.165) is 36.9 Å². The number of aliphatic imine (C=N–C) groups is 1. The number of hydrogen-bond donors (Lipinski definition) is 1. The molecule has 0 atom stereocenters. The van der Waals surface area contributed by atoms with Gasteiger partial charge in [-0.15, -0.1) is 35.3 Å². The van der Waals surface area contributed by atoms with Crippen molar-refractivity contribution in [3.05, 3.63) is 52.4 Å². The van der Waals surface area contributed by atoms with E-state index in [9.17, 15) is 8.42 Å². The van der Waals surface area contributed by atoms with Gasteiger partial charge in [-0.25, -0.2) is 13.4 Å². The minimum absolute atomic E-state index is 0. The van der Waals surface area contributed by atoms with Crippen molar-refractivity contribution in [2.75, 3.05) is 39.4 Å². The molecule has 0 spiro atoms. The molecule has 4 rings (SSSR count). The van der Waals surface area contributed by atoms with Crippen molar-refractivity contribution in [2.45, 2.75) is 30.6 Å². The average molecular weight is 577 g/mol. The molecule has 0 amide bonds. The summed E-state index contributed by atoms with van der Waals surface area (Å²) in [6, 6.07) is 12.1. The Kier molecular flexibility index (Phi) is 8.74. The van der Waals surface area contributed by atoms with Crippen molar-refractivity contribution in [1.82, 2.24) is 14.5 Å². The molecule has 3 heterocycles. The number of morpholine rings is 1. The van der Waals surface area contributed by atoms with Crippen LogP contribution in [0.15, 0.2) is 45.6 Å². The Balaban J connectivity index is 0.00000272. The second-order valence-corrected chi connectivity index (χ2v) is 10.7. The van der Waals surface area contributed by atoms with Gasteiger partial charge >= 0.3 is 0 Å². The molecule has 7 nitrogen and oxygen atoms in total. The summed E-state index contributed by atoms with van der Waals surface area (Å²) in [5, 5.41) is 3.38. The summed E-state index contributed by atoms with van der Waals surface area (Å²) >= 11 is 1.30. The predicted molar refractivity (Wildman–Crippen MR) is 135 cm³/mol. The number of ether oxygens (including phenoxy) is 1. The van der Waals surface area contributed by atoms with Gasteiger partial charge in [-0.1, -0.05) is 24.3 Å². The zero-order valence-electron chi connectivity index (χ0n) is 17.6. The summed E-state index contributed by atoms with van der Waals surface area (Å²) < 4.78 is 32.8. The summed E-state index contributed by atoms with van der Waals surface area (Å²) in [5.74, 6) is 0.873. The number of halogens is 1.